The normalized spacial score (nSPS) is 15.2. The van der Waals surface area contributed by atoms with Gasteiger partial charge in [0.1, 0.15) is 0 Å². The first-order valence-electron chi connectivity index (χ1n) is 5.31. The molecular weight excluding hydrogens is 224 g/mol. The van der Waals surface area contributed by atoms with E-state index in [4.69, 9.17) is 14.9 Å². The van der Waals surface area contributed by atoms with E-state index in [1.807, 2.05) is 13.8 Å². The van der Waals surface area contributed by atoms with Crippen LogP contribution in [0, 0.1) is 11.8 Å². The topological polar surface area (TPSA) is 83.8 Å². The average molecular weight is 242 g/mol. The molecule has 0 aromatic heterocycles. The molecule has 0 saturated carbocycles. The first kappa shape index (κ1) is 15.4. The monoisotopic (exact) mass is 242 g/mol. The van der Waals surface area contributed by atoms with E-state index in [-0.39, 0.29) is 11.8 Å². The van der Waals surface area contributed by atoms with E-state index >= 15 is 0 Å². The number of hydrogen-bond donors (Lipinski definition) is 2. The predicted octanol–water partition coefficient (Wildman–Crippen LogP) is 1.56. The fourth-order valence-electron chi connectivity index (χ4n) is 1.04. The molecule has 0 bridgehead atoms. The summed E-state index contributed by atoms with van der Waals surface area (Å²) in [5, 5.41) is 16.8. The molecule has 0 amide bonds. The summed E-state index contributed by atoms with van der Waals surface area (Å²) in [5.74, 6) is -1.92. The highest BCUT2D eigenvalue weighted by atomic mass is 16.5. The van der Waals surface area contributed by atoms with Gasteiger partial charge in [0, 0.05) is 12.2 Å². The number of carboxylic acids is 2. The maximum Gasteiger partial charge on any atom is 0.327 e. The van der Waals surface area contributed by atoms with Crippen LogP contribution >= 0.6 is 0 Å². The zero-order valence-corrected chi connectivity index (χ0v) is 10.00. The summed E-state index contributed by atoms with van der Waals surface area (Å²) < 4.78 is 5.33. The SMILES string of the molecule is C[C@@H](/C=C/C(=O)O)COC[C@@H](C)/C=C/C(=O)O. The lowest BCUT2D eigenvalue weighted by atomic mass is 10.1. The van der Waals surface area contributed by atoms with Crippen molar-refractivity contribution in [3.63, 3.8) is 0 Å². The van der Waals surface area contributed by atoms with Crippen molar-refractivity contribution in [2.75, 3.05) is 13.2 Å². The number of aliphatic carboxylic acids is 2. The molecule has 2 N–H and O–H groups in total. The zero-order valence-electron chi connectivity index (χ0n) is 10.00. The van der Waals surface area contributed by atoms with Crippen LogP contribution in [0.2, 0.25) is 0 Å². The number of carboxylic acid groups (broad SMARTS) is 2. The van der Waals surface area contributed by atoms with E-state index < -0.39 is 11.9 Å². The Kier molecular flexibility index (Phi) is 7.71. The van der Waals surface area contributed by atoms with Crippen LogP contribution in [0.15, 0.2) is 24.3 Å². The summed E-state index contributed by atoms with van der Waals surface area (Å²) >= 11 is 0. The minimum absolute atomic E-state index is 0.0155. The van der Waals surface area contributed by atoms with Gasteiger partial charge in [-0.3, -0.25) is 0 Å². The lowest BCUT2D eigenvalue weighted by Gasteiger charge is -2.10. The molecule has 5 heteroatoms. The van der Waals surface area contributed by atoms with E-state index in [0.717, 1.165) is 12.2 Å². The Hall–Kier alpha value is -1.62. The highest BCUT2D eigenvalue weighted by Gasteiger charge is 2.02. The molecule has 0 aromatic rings. The maximum atomic E-state index is 10.2. The summed E-state index contributed by atoms with van der Waals surface area (Å²) in [7, 11) is 0. The van der Waals surface area contributed by atoms with E-state index in [0.29, 0.717) is 13.2 Å². The molecule has 0 spiro atoms. The summed E-state index contributed by atoms with van der Waals surface area (Å²) in [5.41, 5.74) is 0. The fraction of sp³-hybridized carbons (Fsp3) is 0.500. The van der Waals surface area contributed by atoms with Crippen molar-refractivity contribution in [1.29, 1.82) is 0 Å². The van der Waals surface area contributed by atoms with E-state index in [2.05, 4.69) is 0 Å². The van der Waals surface area contributed by atoms with Crippen molar-refractivity contribution in [3.05, 3.63) is 24.3 Å². The Balaban J connectivity index is 3.76. The molecule has 0 saturated heterocycles. The van der Waals surface area contributed by atoms with Gasteiger partial charge < -0.3 is 14.9 Å². The zero-order chi connectivity index (χ0) is 13.3. The van der Waals surface area contributed by atoms with E-state index in [1.165, 1.54) is 0 Å². The van der Waals surface area contributed by atoms with Crippen LogP contribution in [0.25, 0.3) is 0 Å². The minimum atomic E-state index is -0.977. The van der Waals surface area contributed by atoms with Crippen molar-refractivity contribution in [2.45, 2.75) is 13.8 Å². The maximum absolute atomic E-state index is 10.2. The van der Waals surface area contributed by atoms with Crippen LogP contribution in [0.1, 0.15) is 13.8 Å². The number of carbonyl (C=O) groups is 2. The lowest BCUT2D eigenvalue weighted by molar-refractivity contribution is -0.132. The molecule has 0 aromatic carbocycles. The Morgan fingerprint density at radius 3 is 1.65 bits per heavy atom. The summed E-state index contributed by atoms with van der Waals surface area (Å²) in [6, 6.07) is 0. The van der Waals surface area contributed by atoms with Crippen molar-refractivity contribution in [1.82, 2.24) is 0 Å². The van der Waals surface area contributed by atoms with Gasteiger partial charge in [0.2, 0.25) is 0 Å². The van der Waals surface area contributed by atoms with Gasteiger partial charge in [-0.15, -0.1) is 0 Å². The lowest BCUT2D eigenvalue weighted by Crippen LogP contribution is -2.09. The van der Waals surface area contributed by atoms with Gasteiger partial charge in [0.15, 0.2) is 0 Å². The first-order chi connectivity index (χ1) is 7.91. The minimum Gasteiger partial charge on any atom is -0.478 e. The first-order valence-corrected chi connectivity index (χ1v) is 5.31. The highest BCUT2D eigenvalue weighted by molar-refractivity contribution is 5.80. The second-order valence-electron chi connectivity index (χ2n) is 3.89. The third kappa shape index (κ3) is 10.7. The summed E-state index contributed by atoms with van der Waals surface area (Å²) in [4.78, 5) is 20.5. The second-order valence-corrected chi connectivity index (χ2v) is 3.89. The number of hydrogen-bond acceptors (Lipinski definition) is 3. The number of ether oxygens (including phenoxy) is 1. The second kappa shape index (κ2) is 8.52. The van der Waals surface area contributed by atoms with Crippen molar-refractivity contribution in [2.24, 2.45) is 11.8 Å². The molecule has 2 atom stereocenters. The smallest absolute Gasteiger partial charge is 0.327 e. The molecule has 0 aliphatic heterocycles. The molecule has 0 rings (SSSR count). The van der Waals surface area contributed by atoms with Crippen molar-refractivity contribution >= 4 is 11.9 Å². The Labute approximate surface area is 100 Å². The van der Waals surface area contributed by atoms with Crippen molar-refractivity contribution in [3.8, 4) is 0 Å². The van der Waals surface area contributed by atoms with Crippen molar-refractivity contribution < 1.29 is 24.5 Å². The largest absolute Gasteiger partial charge is 0.478 e. The Morgan fingerprint density at radius 2 is 1.35 bits per heavy atom. The van der Waals surface area contributed by atoms with Crippen LogP contribution in [0.4, 0.5) is 0 Å². The molecule has 0 radical (unpaired) electrons. The van der Waals surface area contributed by atoms with Crippen LogP contribution < -0.4 is 0 Å². The van der Waals surface area contributed by atoms with E-state index in [9.17, 15) is 9.59 Å². The molecule has 0 fully saturated rings. The Morgan fingerprint density at radius 1 is 1.00 bits per heavy atom. The van der Waals surface area contributed by atoms with Gasteiger partial charge in [-0.2, -0.15) is 0 Å². The molecule has 5 nitrogen and oxygen atoms in total. The molecule has 0 unspecified atom stereocenters. The van der Waals surface area contributed by atoms with Crippen LogP contribution in [0.5, 0.6) is 0 Å². The van der Waals surface area contributed by atoms with Crippen LogP contribution in [0.3, 0.4) is 0 Å². The van der Waals surface area contributed by atoms with Gasteiger partial charge in [-0.05, 0) is 11.8 Å². The molecule has 96 valence electrons. The van der Waals surface area contributed by atoms with Crippen LogP contribution in [-0.2, 0) is 14.3 Å². The highest BCUT2D eigenvalue weighted by Crippen LogP contribution is 2.02. The summed E-state index contributed by atoms with van der Waals surface area (Å²) in [6.07, 6.45) is 5.28. The molecule has 0 aliphatic carbocycles. The van der Waals surface area contributed by atoms with Crippen LogP contribution in [-0.4, -0.2) is 35.4 Å². The Bertz CT molecular complexity index is 276. The average Bonchev–Trinajstić information content (AvgIpc) is 2.23. The predicted molar refractivity (Wildman–Crippen MR) is 62.7 cm³/mol. The van der Waals surface area contributed by atoms with Gasteiger partial charge in [-0.1, -0.05) is 26.0 Å². The van der Waals surface area contributed by atoms with Gasteiger partial charge in [0.05, 0.1) is 13.2 Å². The quantitative estimate of drug-likeness (QED) is 0.631. The standard InChI is InChI=1S/C12H18O5/c1-9(3-5-11(13)14)7-17-8-10(2)4-6-12(15)16/h3-6,9-10H,7-8H2,1-2H3,(H,13,14)(H,15,16)/b5-3+,6-4+/t9-,10-/m0/s1. The number of rotatable bonds is 8. The molecule has 0 aliphatic rings. The third-order valence-electron chi connectivity index (χ3n) is 1.90. The van der Waals surface area contributed by atoms with Gasteiger partial charge >= 0.3 is 11.9 Å². The summed E-state index contributed by atoms with van der Waals surface area (Å²) in [6.45, 7) is 4.51. The molecular formula is C12H18O5. The van der Waals surface area contributed by atoms with Gasteiger partial charge in [0.25, 0.3) is 0 Å². The molecule has 17 heavy (non-hydrogen) atoms. The fourth-order valence-corrected chi connectivity index (χ4v) is 1.04. The van der Waals surface area contributed by atoms with Gasteiger partial charge in [-0.25, -0.2) is 9.59 Å². The third-order valence-corrected chi connectivity index (χ3v) is 1.90. The molecule has 0 heterocycles. The van der Waals surface area contributed by atoms with E-state index in [1.54, 1.807) is 12.2 Å².